The maximum atomic E-state index is 13.6. The minimum Gasteiger partial charge on any atom is -0.481 e. The zero-order chi connectivity index (χ0) is 17.6. The lowest BCUT2D eigenvalue weighted by molar-refractivity contribution is -0.123. The van der Waals surface area contributed by atoms with Gasteiger partial charge in [-0.25, -0.2) is 9.37 Å². The number of nitrogens with one attached hydrogen (secondary N) is 1. The molecule has 2 aromatic carbocycles. The first-order chi connectivity index (χ1) is 12.1. The van der Waals surface area contributed by atoms with E-state index in [9.17, 15) is 9.18 Å². The molecule has 0 aliphatic heterocycles. The lowest BCUT2D eigenvalue weighted by Gasteiger charge is -2.07. The predicted octanol–water partition coefficient (Wildman–Crippen LogP) is 4.41. The first kappa shape index (κ1) is 17.6. The highest BCUT2D eigenvalue weighted by Gasteiger charge is 2.09. The topological polar surface area (TPSA) is 51.2 Å². The number of amides is 1. The van der Waals surface area contributed by atoms with Gasteiger partial charge in [-0.15, -0.1) is 11.3 Å². The molecule has 0 aliphatic rings. The van der Waals surface area contributed by atoms with Crippen molar-refractivity contribution >= 4 is 33.2 Å². The lowest BCUT2D eigenvalue weighted by Crippen LogP contribution is -2.28. The number of carbonyl (C=O) groups is 1. The molecule has 3 rings (SSSR count). The molecule has 128 valence electrons. The summed E-state index contributed by atoms with van der Waals surface area (Å²) in [6, 6.07) is 14.2. The molecule has 25 heavy (non-hydrogen) atoms. The first-order valence-corrected chi connectivity index (χ1v) is 9.13. The van der Waals surface area contributed by atoms with E-state index in [2.05, 4.69) is 26.2 Å². The van der Waals surface area contributed by atoms with E-state index in [1.807, 2.05) is 35.7 Å². The fraction of sp³-hybridized carbons (Fsp3) is 0.111. The molecule has 0 saturated carbocycles. The Morgan fingerprint density at radius 2 is 2.04 bits per heavy atom. The van der Waals surface area contributed by atoms with Gasteiger partial charge in [0.15, 0.2) is 18.2 Å². The summed E-state index contributed by atoms with van der Waals surface area (Å²) in [6.45, 7) is 0.0536. The molecule has 0 unspecified atom stereocenters. The van der Waals surface area contributed by atoms with Gasteiger partial charge in [0.05, 0.1) is 12.2 Å². The number of thiazole rings is 1. The van der Waals surface area contributed by atoms with Gasteiger partial charge < -0.3 is 10.1 Å². The van der Waals surface area contributed by atoms with Gasteiger partial charge in [-0.05, 0) is 18.2 Å². The smallest absolute Gasteiger partial charge is 0.258 e. The number of rotatable bonds is 6. The van der Waals surface area contributed by atoms with E-state index >= 15 is 0 Å². The minimum atomic E-state index is -0.519. The van der Waals surface area contributed by atoms with E-state index in [1.54, 1.807) is 6.07 Å². The van der Waals surface area contributed by atoms with Crippen LogP contribution in [-0.2, 0) is 11.3 Å². The highest BCUT2D eigenvalue weighted by Crippen LogP contribution is 2.22. The van der Waals surface area contributed by atoms with Crippen molar-refractivity contribution < 1.29 is 13.9 Å². The van der Waals surface area contributed by atoms with Gasteiger partial charge in [0.1, 0.15) is 5.01 Å². The Morgan fingerprint density at radius 3 is 2.80 bits per heavy atom. The summed E-state index contributed by atoms with van der Waals surface area (Å²) in [7, 11) is 0. The summed E-state index contributed by atoms with van der Waals surface area (Å²) in [5.41, 5.74) is 1.91. The predicted molar refractivity (Wildman–Crippen MR) is 99.0 cm³/mol. The van der Waals surface area contributed by atoms with Gasteiger partial charge in [0.2, 0.25) is 0 Å². The molecule has 4 nitrogen and oxygen atoms in total. The van der Waals surface area contributed by atoms with E-state index in [-0.39, 0.29) is 18.3 Å². The first-order valence-electron chi connectivity index (χ1n) is 7.46. The summed E-state index contributed by atoms with van der Waals surface area (Å²) in [5.74, 6) is -0.813. The molecule has 0 saturated heterocycles. The maximum Gasteiger partial charge on any atom is 0.258 e. The van der Waals surface area contributed by atoms with Crippen LogP contribution in [0.25, 0.3) is 11.3 Å². The van der Waals surface area contributed by atoms with Crippen molar-refractivity contribution in [3.05, 3.63) is 69.2 Å². The number of aromatic nitrogens is 1. The van der Waals surface area contributed by atoms with E-state index in [0.717, 1.165) is 16.3 Å². The molecule has 0 radical (unpaired) electrons. The second kappa shape index (κ2) is 8.22. The number of nitrogens with zero attached hydrogens (tertiary/aromatic N) is 1. The number of hydrogen-bond donors (Lipinski definition) is 1. The number of hydrogen-bond acceptors (Lipinski definition) is 4. The molecule has 0 aliphatic carbocycles. The Kier molecular flexibility index (Phi) is 5.78. The van der Waals surface area contributed by atoms with Crippen molar-refractivity contribution in [2.24, 2.45) is 0 Å². The molecule has 1 amide bonds. The zero-order valence-electron chi connectivity index (χ0n) is 13.0. The van der Waals surface area contributed by atoms with Crippen molar-refractivity contribution in [3.63, 3.8) is 0 Å². The van der Waals surface area contributed by atoms with Gasteiger partial charge in [-0.3, -0.25) is 4.79 Å². The van der Waals surface area contributed by atoms with Crippen molar-refractivity contribution in [3.8, 4) is 17.0 Å². The fourth-order valence-electron chi connectivity index (χ4n) is 2.09. The summed E-state index contributed by atoms with van der Waals surface area (Å²) in [4.78, 5) is 16.3. The average Bonchev–Trinajstić information content (AvgIpc) is 3.09. The standard InChI is InChI=1S/C18H14BrFN2O2S/c19-13-6-7-16(14(20)8-13)24-10-17(23)21-9-18-22-15(11-25-18)12-4-2-1-3-5-12/h1-8,11H,9-10H2,(H,21,23). The largest absolute Gasteiger partial charge is 0.481 e. The molecule has 1 aromatic heterocycles. The summed E-state index contributed by atoms with van der Waals surface area (Å²) in [5, 5.41) is 5.46. The van der Waals surface area contributed by atoms with Crippen LogP contribution in [0.4, 0.5) is 4.39 Å². The molecule has 1 N–H and O–H groups in total. The van der Waals surface area contributed by atoms with Crippen LogP contribution >= 0.6 is 27.3 Å². The van der Waals surface area contributed by atoms with E-state index in [1.165, 1.54) is 23.5 Å². The monoisotopic (exact) mass is 420 g/mol. The third-order valence-corrected chi connectivity index (χ3v) is 4.65. The van der Waals surface area contributed by atoms with Gasteiger partial charge in [0, 0.05) is 15.4 Å². The number of carbonyl (C=O) groups excluding carboxylic acids is 1. The van der Waals surface area contributed by atoms with Gasteiger partial charge in [-0.1, -0.05) is 46.3 Å². The highest BCUT2D eigenvalue weighted by molar-refractivity contribution is 9.10. The molecular weight excluding hydrogens is 407 g/mol. The third kappa shape index (κ3) is 4.87. The highest BCUT2D eigenvalue weighted by atomic mass is 79.9. The van der Waals surface area contributed by atoms with Crippen molar-refractivity contribution in [2.45, 2.75) is 6.54 Å². The van der Waals surface area contributed by atoms with Crippen LogP contribution in [0.15, 0.2) is 58.4 Å². The SMILES string of the molecule is O=C(COc1ccc(Br)cc1F)NCc1nc(-c2ccccc2)cs1. The number of benzene rings is 2. The molecule has 0 fully saturated rings. The van der Waals surface area contributed by atoms with Gasteiger partial charge >= 0.3 is 0 Å². The normalized spacial score (nSPS) is 10.5. The van der Waals surface area contributed by atoms with Crippen LogP contribution in [0.3, 0.4) is 0 Å². The third-order valence-electron chi connectivity index (χ3n) is 3.31. The second-order valence-corrected chi connectivity index (χ2v) is 6.99. The van der Waals surface area contributed by atoms with Crippen LogP contribution in [0, 0.1) is 5.82 Å². The Bertz CT molecular complexity index is 871. The summed E-state index contributed by atoms with van der Waals surface area (Å²) >= 11 is 4.64. The molecule has 1 heterocycles. The Hall–Kier alpha value is -2.25. The van der Waals surface area contributed by atoms with E-state index in [0.29, 0.717) is 11.0 Å². The maximum absolute atomic E-state index is 13.6. The van der Waals surface area contributed by atoms with Gasteiger partial charge in [0.25, 0.3) is 5.91 Å². The van der Waals surface area contributed by atoms with Crippen LogP contribution in [0.5, 0.6) is 5.75 Å². The Balaban J connectivity index is 1.50. The van der Waals surface area contributed by atoms with Crippen LogP contribution in [0.2, 0.25) is 0 Å². The zero-order valence-corrected chi connectivity index (χ0v) is 15.4. The average molecular weight is 421 g/mol. The summed E-state index contributed by atoms with van der Waals surface area (Å²) in [6.07, 6.45) is 0. The van der Waals surface area contributed by atoms with Gasteiger partial charge in [-0.2, -0.15) is 0 Å². The summed E-state index contributed by atoms with van der Waals surface area (Å²) < 4.78 is 19.4. The molecule has 0 spiro atoms. The van der Waals surface area contributed by atoms with Crippen molar-refractivity contribution in [1.82, 2.24) is 10.3 Å². The Labute approximate surface area is 156 Å². The number of halogens is 2. The quantitative estimate of drug-likeness (QED) is 0.642. The molecule has 7 heteroatoms. The lowest BCUT2D eigenvalue weighted by atomic mass is 10.2. The molecule has 0 atom stereocenters. The Morgan fingerprint density at radius 1 is 1.24 bits per heavy atom. The minimum absolute atomic E-state index is 0.0407. The van der Waals surface area contributed by atoms with E-state index < -0.39 is 5.82 Å². The van der Waals surface area contributed by atoms with Crippen LogP contribution in [0.1, 0.15) is 5.01 Å². The van der Waals surface area contributed by atoms with Crippen LogP contribution in [-0.4, -0.2) is 17.5 Å². The molecule has 3 aromatic rings. The van der Waals surface area contributed by atoms with Crippen molar-refractivity contribution in [1.29, 1.82) is 0 Å². The van der Waals surface area contributed by atoms with Crippen molar-refractivity contribution in [2.75, 3.05) is 6.61 Å². The van der Waals surface area contributed by atoms with E-state index in [4.69, 9.17) is 4.74 Å². The molecular formula is C18H14BrFN2O2S. The number of ether oxygens (including phenoxy) is 1. The molecule has 0 bridgehead atoms. The second-order valence-electron chi connectivity index (χ2n) is 5.13. The fourth-order valence-corrected chi connectivity index (χ4v) is 3.17. The van der Waals surface area contributed by atoms with Crippen LogP contribution < -0.4 is 10.1 Å².